The third kappa shape index (κ3) is 21.3. The van der Waals surface area contributed by atoms with Crippen LogP contribution in [0.5, 0.6) is 0 Å². The zero-order chi connectivity index (χ0) is 13.3. The molecule has 5 heteroatoms. The van der Waals surface area contributed by atoms with Crippen LogP contribution < -0.4 is 0 Å². The van der Waals surface area contributed by atoms with Crippen molar-refractivity contribution in [3.8, 4) is 0 Å². The molecule has 0 heterocycles. The zero-order valence-corrected chi connectivity index (χ0v) is 14.9. The second kappa shape index (κ2) is 21.1. The van der Waals surface area contributed by atoms with Crippen molar-refractivity contribution >= 4 is 29.6 Å². The minimum Gasteiger partial charge on any atom is -0.394 e. The van der Waals surface area contributed by atoms with E-state index in [2.05, 4.69) is 16.8 Å². The molecular weight excluding hydrogens is 255 g/mol. The third-order valence-corrected chi connectivity index (χ3v) is 2.85. The molecule has 19 heavy (non-hydrogen) atoms. The fourth-order valence-corrected chi connectivity index (χ4v) is 1.79. The molecule has 1 N–H and O–H groups in total. The van der Waals surface area contributed by atoms with Gasteiger partial charge in [0.25, 0.3) is 0 Å². The van der Waals surface area contributed by atoms with Gasteiger partial charge in [0.1, 0.15) is 6.61 Å². The maximum atomic E-state index is 8.40. The molecule has 0 fully saturated rings. The molecule has 0 aliphatic carbocycles. The number of hydrogen-bond acceptors (Lipinski definition) is 4. The van der Waals surface area contributed by atoms with Crippen LogP contribution in [0.3, 0.4) is 0 Å². The van der Waals surface area contributed by atoms with Gasteiger partial charge in [-0.3, -0.25) is 0 Å². The van der Waals surface area contributed by atoms with Gasteiger partial charge in [0.2, 0.25) is 0 Å². The Morgan fingerprint density at radius 1 is 0.684 bits per heavy atom. The second-order valence-corrected chi connectivity index (χ2v) is 4.62. The molecule has 0 saturated heterocycles. The summed E-state index contributed by atoms with van der Waals surface area (Å²) in [6, 6.07) is 0. The fourth-order valence-electron chi connectivity index (χ4n) is 1.79. The Kier molecular flexibility index (Phi) is 24.6. The molecule has 0 rings (SSSR count). The number of aliphatic hydroxyl groups is 1. The van der Waals surface area contributed by atoms with Gasteiger partial charge in [-0.15, -0.1) is 0 Å². The minimum atomic E-state index is -0.0540. The van der Waals surface area contributed by atoms with E-state index in [9.17, 15) is 0 Å². The molecule has 0 aliphatic rings. The Bertz CT molecular complexity index is 131. The fraction of sp³-hybridized carbons (Fsp3) is 1.00. The number of hydrogen-bond donors (Lipinski definition) is 1. The first-order valence-corrected chi connectivity index (χ1v) is 7.43. The maximum absolute atomic E-state index is 8.40. The predicted octanol–water partition coefficient (Wildman–Crippen LogP) is 3.40. The van der Waals surface area contributed by atoms with Crippen LogP contribution in [0, 0.1) is 0 Å². The van der Waals surface area contributed by atoms with Gasteiger partial charge in [-0.25, -0.2) is 9.78 Å². The molecule has 111 valence electrons. The Balaban J connectivity index is 0. The van der Waals surface area contributed by atoms with Gasteiger partial charge in [-0.05, 0) is 6.42 Å². The Morgan fingerprint density at radius 3 is 1.68 bits per heavy atom. The van der Waals surface area contributed by atoms with Crippen molar-refractivity contribution in [2.24, 2.45) is 0 Å². The average Bonchev–Trinajstić information content (AvgIpc) is 2.39. The van der Waals surface area contributed by atoms with E-state index >= 15 is 0 Å². The van der Waals surface area contributed by atoms with Crippen LogP contribution in [0.25, 0.3) is 0 Å². The second-order valence-electron chi connectivity index (χ2n) is 4.62. The number of unbranched alkanes of at least 4 members (excludes halogenated alkanes) is 9. The molecule has 0 spiro atoms. The molecule has 0 amide bonds. The molecule has 0 aromatic carbocycles. The first kappa shape index (κ1) is 22.1. The van der Waals surface area contributed by atoms with Crippen LogP contribution in [0.2, 0.25) is 0 Å². The van der Waals surface area contributed by atoms with Gasteiger partial charge in [-0.1, -0.05) is 69.7 Å². The van der Waals surface area contributed by atoms with Crippen molar-refractivity contribution in [2.75, 3.05) is 19.8 Å². The monoisotopic (exact) mass is 285 g/mol. The van der Waals surface area contributed by atoms with Gasteiger partial charge < -0.3 is 5.11 Å². The SMILES string of the molecule is CCCCCCCCCCCCOOOCCO.[Na]. The van der Waals surface area contributed by atoms with E-state index in [1.165, 1.54) is 57.8 Å². The molecule has 0 atom stereocenters. The molecule has 1 radical (unpaired) electrons. The van der Waals surface area contributed by atoms with E-state index in [1.54, 1.807) is 0 Å². The number of aliphatic hydroxyl groups excluding tert-OH is 1. The first-order valence-electron chi connectivity index (χ1n) is 7.43. The minimum absolute atomic E-state index is 0. The summed E-state index contributed by atoms with van der Waals surface area (Å²) >= 11 is 0. The predicted molar refractivity (Wildman–Crippen MR) is 77.7 cm³/mol. The summed E-state index contributed by atoms with van der Waals surface area (Å²) < 4.78 is 0. The quantitative estimate of drug-likeness (QED) is 0.217. The summed E-state index contributed by atoms with van der Waals surface area (Å²) in [4.78, 5) is 9.28. The van der Waals surface area contributed by atoms with Gasteiger partial charge in [-0.2, -0.15) is 0 Å². The summed E-state index contributed by atoms with van der Waals surface area (Å²) in [6.45, 7) is 2.90. The zero-order valence-electron chi connectivity index (χ0n) is 12.9. The summed E-state index contributed by atoms with van der Waals surface area (Å²) in [5, 5.41) is 12.8. The van der Waals surface area contributed by atoms with Crippen molar-refractivity contribution in [3.63, 3.8) is 0 Å². The molecule has 0 aromatic rings. The standard InChI is InChI=1S/C14H30O4.Na/c1-2-3-4-5-6-7-8-9-10-11-13-16-18-17-14-12-15;/h15H,2-14H2,1H3;. The van der Waals surface area contributed by atoms with Crippen LogP contribution >= 0.6 is 0 Å². The smallest absolute Gasteiger partial charge is 0.108 e. The largest absolute Gasteiger partial charge is 0.394 e. The van der Waals surface area contributed by atoms with E-state index in [4.69, 9.17) is 9.99 Å². The normalized spacial score (nSPS) is 10.4. The summed E-state index contributed by atoms with van der Waals surface area (Å²) in [6.07, 6.45) is 13.0. The van der Waals surface area contributed by atoms with Crippen molar-refractivity contribution in [1.29, 1.82) is 0 Å². The summed E-state index contributed by atoms with van der Waals surface area (Å²) in [7, 11) is 0. The third-order valence-electron chi connectivity index (χ3n) is 2.85. The molecular formula is C14H30NaO4. The summed E-state index contributed by atoms with van der Waals surface area (Å²) in [5.74, 6) is 0. The van der Waals surface area contributed by atoms with Crippen LogP contribution in [-0.4, -0.2) is 54.5 Å². The number of rotatable bonds is 15. The molecule has 0 aromatic heterocycles. The average molecular weight is 285 g/mol. The van der Waals surface area contributed by atoms with E-state index < -0.39 is 0 Å². The molecule has 0 saturated carbocycles. The Morgan fingerprint density at radius 2 is 1.16 bits per heavy atom. The summed E-state index contributed by atoms with van der Waals surface area (Å²) in [5.41, 5.74) is 0. The topological polar surface area (TPSA) is 47.9 Å². The van der Waals surface area contributed by atoms with Gasteiger partial charge >= 0.3 is 0 Å². The molecule has 0 aliphatic heterocycles. The van der Waals surface area contributed by atoms with Crippen LogP contribution in [0.1, 0.15) is 71.1 Å². The van der Waals surface area contributed by atoms with E-state index in [1.807, 2.05) is 0 Å². The van der Waals surface area contributed by atoms with E-state index in [0.29, 0.717) is 6.61 Å². The van der Waals surface area contributed by atoms with Gasteiger partial charge in [0, 0.05) is 29.6 Å². The van der Waals surface area contributed by atoms with Crippen LogP contribution in [-0.2, 0) is 14.8 Å². The van der Waals surface area contributed by atoms with E-state index in [0.717, 1.165) is 6.42 Å². The van der Waals surface area contributed by atoms with Gasteiger partial charge in [0.05, 0.1) is 13.2 Å². The van der Waals surface area contributed by atoms with Crippen molar-refractivity contribution in [2.45, 2.75) is 71.1 Å². The van der Waals surface area contributed by atoms with Crippen LogP contribution in [0.4, 0.5) is 0 Å². The molecule has 4 nitrogen and oxygen atoms in total. The maximum Gasteiger partial charge on any atom is 0.108 e. The van der Waals surface area contributed by atoms with Gasteiger partial charge in [0.15, 0.2) is 0 Å². The first-order chi connectivity index (χ1) is 8.91. The Labute approximate surface area is 140 Å². The molecule has 0 bridgehead atoms. The Hall–Kier alpha value is 0.840. The van der Waals surface area contributed by atoms with Crippen molar-refractivity contribution in [3.05, 3.63) is 0 Å². The molecule has 0 unspecified atom stereocenters. The van der Waals surface area contributed by atoms with Crippen molar-refractivity contribution in [1.82, 2.24) is 0 Å². The van der Waals surface area contributed by atoms with E-state index in [-0.39, 0.29) is 42.8 Å². The van der Waals surface area contributed by atoms with Crippen LogP contribution in [0.15, 0.2) is 0 Å². The van der Waals surface area contributed by atoms with Crippen molar-refractivity contribution < 1.29 is 19.9 Å².